The lowest BCUT2D eigenvalue weighted by atomic mass is 10.1. The molecule has 15 heavy (non-hydrogen) atoms. The molecule has 2 N–H and O–H groups in total. The summed E-state index contributed by atoms with van der Waals surface area (Å²) in [6.45, 7) is 0.479. The zero-order valence-electron chi connectivity index (χ0n) is 8.32. The number of rotatable bonds is 2. The van der Waals surface area contributed by atoms with E-state index in [4.69, 9.17) is 10.5 Å². The summed E-state index contributed by atoms with van der Waals surface area (Å²) < 4.78 is 5.79. The second kappa shape index (κ2) is 4.00. The summed E-state index contributed by atoms with van der Waals surface area (Å²) in [7, 11) is 1.39. The molecule has 0 bridgehead atoms. The highest BCUT2D eigenvalue weighted by atomic mass is 32.1. The van der Waals surface area contributed by atoms with E-state index in [1.807, 2.05) is 23.6 Å². The van der Waals surface area contributed by atoms with Crippen LogP contribution in [0.3, 0.4) is 0 Å². The third-order valence-corrected chi connectivity index (χ3v) is 3.24. The molecule has 1 heterocycles. The van der Waals surface area contributed by atoms with Crippen molar-refractivity contribution in [3.8, 4) is 0 Å². The van der Waals surface area contributed by atoms with Crippen LogP contribution < -0.4 is 5.73 Å². The molecule has 78 valence electrons. The first-order valence-electron chi connectivity index (χ1n) is 4.54. The summed E-state index contributed by atoms with van der Waals surface area (Å²) in [6, 6.07) is 5.90. The van der Waals surface area contributed by atoms with Gasteiger partial charge in [-0.25, -0.2) is 4.79 Å². The second-order valence-corrected chi connectivity index (χ2v) is 4.09. The average Bonchev–Trinajstić information content (AvgIpc) is 2.70. The van der Waals surface area contributed by atoms with Gasteiger partial charge in [0, 0.05) is 22.0 Å². The molecule has 2 rings (SSSR count). The molecule has 0 aliphatic rings. The van der Waals surface area contributed by atoms with Gasteiger partial charge in [-0.15, -0.1) is 11.3 Å². The van der Waals surface area contributed by atoms with Crippen molar-refractivity contribution >= 4 is 27.4 Å². The number of fused-ring (bicyclic) bond motifs is 1. The van der Waals surface area contributed by atoms with Crippen LogP contribution in [0.2, 0.25) is 0 Å². The van der Waals surface area contributed by atoms with Crippen molar-refractivity contribution in [1.29, 1.82) is 0 Å². The van der Waals surface area contributed by atoms with Crippen LogP contribution in [0.1, 0.15) is 15.9 Å². The number of hydrogen-bond acceptors (Lipinski definition) is 4. The minimum atomic E-state index is -0.296. The Morgan fingerprint density at radius 3 is 3.00 bits per heavy atom. The van der Waals surface area contributed by atoms with Crippen LogP contribution in [0.4, 0.5) is 0 Å². The Bertz CT molecular complexity index is 504. The minimum absolute atomic E-state index is 0.296. The van der Waals surface area contributed by atoms with Gasteiger partial charge in [-0.05, 0) is 17.7 Å². The summed E-state index contributed by atoms with van der Waals surface area (Å²) in [5.41, 5.74) is 7.19. The van der Waals surface area contributed by atoms with E-state index < -0.39 is 0 Å². The lowest BCUT2D eigenvalue weighted by Crippen LogP contribution is -2.00. The molecule has 3 nitrogen and oxygen atoms in total. The number of carbonyl (C=O) groups is 1. The Hall–Kier alpha value is -1.39. The van der Waals surface area contributed by atoms with Crippen LogP contribution in [0.25, 0.3) is 10.1 Å². The van der Waals surface area contributed by atoms with E-state index in [2.05, 4.69) is 0 Å². The highest BCUT2D eigenvalue weighted by Gasteiger charge is 2.12. The van der Waals surface area contributed by atoms with Crippen molar-refractivity contribution in [2.24, 2.45) is 5.73 Å². The molecule has 1 aromatic carbocycles. The Kier molecular flexibility index (Phi) is 2.70. The van der Waals surface area contributed by atoms with Gasteiger partial charge in [-0.2, -0.15) is 0 Å². The molecule has 0 radical (unpaired) electrons. The number of benzene rings is 1. The maximum atomic E-state index is 11.4. The second-order valence-electron chi connectivity index (χ2n) is 3.18. The van der Waals surface area contributed by atoms with Crippen molar-refractivity contribution in [3.63, 3.8) is 0 Å². The SMILES string of the molecule is COC(=O)c1csc2ccc(CN)cc12. The lowest BCUT2D eigenvalue weighted by Gasteiger charge is -1.99. The molecular weight excluding hydrogens is 210 g/mol. The monoisotopic (exact) mass is 221 g/mol. The Balaban J connectivity index is 2.61. The highest BCUT2D eigenvalue weighted by molar-refractivity contribution is 7.17. The standard InChI is InChI=1S/C11H11NO2S/c1-14-11(13)9-6-15-10-3-2-7(5-12)4-8(9)10/h2-4,6H,5,12H2,1H3. The molecule has 0 amide bonds. The van der Waals surface area contributed by atoms with E-state index in [1.165, 1.54) is 18.4 Å². The van der Waals surface area contributed by atoms with Gasteiger partial charge < -0.3 is 10.5 Å². The number of esters is 1. The molecule has 2 aromatic rings. The van der Waals surface area contributed by atoms with Crippen molar-refractivity contribution in [2.45, 2.75) is 6.54 Å². The van der Waals surface area contributed by atoms with Crippen LogP contribution >= 0.6 is 11.3 Å². The topological polar surface area (TPSA) is 52.3 Å². The number of ether oxygens (including phenoxy) is 1. The number of carbonyl (C=O) groups excluding carboxylic acids is 1. The van der Waals surface area contributed by atoms with E-state index >= 15 is 0 Å². The number of thiophene rings is 1. The van der Waals surface area contributed by atoms with Gasteiger partial charge in [0.2, 0.25) is 0 Å². The van der Waals surface area contributed by atoms with Crippen LogP contribution in [0, 0.1) is 0 Å². The highest BCUT2D eigenvalue weighted by Crippen LogP contribution is 2.27. The molecule has 0 unspecified atom stereocenters. The van der Waals surface area contributed by atoms with Crippen LogP contribution in [0.15, 0.2) is 23.6 Å². The molecule has 0 saturated heterocycles. The molecule has 0 fully saturated rings. The maximum Gasteiger partial charge on any atom is 0.339 e. The molecule has 0 saturated carbocycles. The summed E-state index contributed by atoms with van der Waals surface area (Å²) in [5, 5.41) is 2.74. The van der Waals surface area contributed by atoms with Gasteiger partial charge in [0.25, 0.3) is 0 Å². The summed E-state index contributed by atoms with van der Waals surface area (Å²) in [5.74, 6) is -0.296. The fraction of sp³-hybridized carbons (Fsp3) is 0.182. The smallest absolute Gasteiger partial charge is 0.339 e. The van der Waals surface area contributed by atoms with Gasteiger partial charge >= 0.3 is 5.97 Å². The largest absolute Gasteiger partial charge is 0.465 e. The normalized spacial score (nSPS) is 10.5. The summed E-state index contributed by atoms with van der Waals surface area (Å²) in [6.07, 6.45) is 0. The fourth-order valence-corrected chi connectivity index (χ4v) is 2.38. The van der Waals surface area contributed by atoms with Crippen molar-refractivity contribution in [2.75, 3.05) is 7.11 Å². The van der Waals surface area contributed by atoms with Gasteiger partial charge in [0.1, 0.15) is 0 Å². The van der Waals surface area contributed by atoms with Crippen LogP contribution in [-0.2, 0) is 11.3 Å². The van der Waals surface area contributed by atoms with Gasteiger partial charge in [0.05, 0.1) is 12.7 Å². The third-order valence-electron chi connectivity index (χ3n) is 2.28. The number of methoxy groups -OCH3 is 1. The molecule has 0 spiro atoms. The van der Waals surface area contributed by atoms with Crippen molar-refractivity contribution in [3.05, 3.63) is 34.7 Å². The maximum absolute atomic E-state index is 11.4. The molecule has 0 atom stereocenters. The van der Waals surface area contributed by atoms with Crippen LogP contribution in [-0.4, -0.2) is 13.1 Å². The average molecular weight is 221 g/mol. The minimum Gasteiger partial charge on any atom is -0.465 e. The van der Waals surface area contributed by atoms with Crippen molar-refractivity contribution in [1.82, 2.24) is 0 Å². The van der Waals surface area contributed by atoms with Gasteiger partial charge in [-0.3, -0.25) is 0 Å². The van der Waals surface area contributed by atoms with E-state index in [9.17, 15) is 4.79 Å². The lowest BCUT2D eigenvalue weighted by molar-refractivity contribution is 0.0603. The van der Waals surface area contributed by atoms with Gasteiger partial charge in [0.15, 0.2) is 0 Å². The predicted octanol–water partition coefficient (Wildman–Crippen LogP) is 2.15. The first kappa shape index (κ1) is 10.1. The molecular formula is C11H11NO2S. The van der Waals surface area contributed by atoms with E-state index in [0.717, 1.165) is 15.6 Å². The number of hydrogen-bond donors (Lipinski definition) is 1. The van der Waals surface area contributed by atoms with E-state index in [0.29, 0.717) is 12.1 Å². The van der Waals surface area contributed by atoms with E-state index in [-0.39, 0.29) is 5.97 Å². The Morgan fingerprint density at radius 1 is 1.53 bits per heavy atom. The summed E-state index contributed by atoms with van der Waals surface area (Å²) >= 11 is 1.54. The molecule has 1 aromatic heterocycles. The first-order chi connectivity index (χ1) is 7.26. The molecule has 4 heteroatoms. The van der Waals surface area contributed by atoms with Crippen LogP contribution in [0.5, 0.6) is 0 Å². The zero-order chi connectivity index (χ0) is 10.8. The molecule has 0 aliphatic heterocycles. The summed E-state index contributed by atoms with van der Waals surface area (Å²) in [4.78, 5) is 11.4. The first-order valence-corrected chi connectivity index (χ1v) is 5.42. The quantitative estimate of drug-likeness (QED) is 0.790. The Labute approximate surface area is 91.5 Å². The predicted molar refractivity (Wildman–Crippen MR) is 61.1 cm³/mol. The number of nitrogens with two attached hydrogens (primary N) is 1. The van der Waals surface area contributed by atoms with E-state index in [1.54, 1.807) is 0 Å². The fourth-order valence-electron chi connectivity index (χ4n) is 1.47. The van der Waals surface area contributed by atoms with Gasteiger partial charge in [-0.1, -0.05) is 6.07 Å². The zero-order valence-corrected chi connectivity index (χ0v) is 9.14. The third kappa shape index (κ3) is 1.73. The van der Waals surface area contributed by atoms with Crippen molar-refractivity contribution < 1.29 is 9.53 Å². The molecule has 0 aliphatic carbocycles. The Morgan fingerprint density at radius 2 is 2.33 bits per heavy atom.